The van der Waals surface area contributed by atoms with Gasteiger partial charge < -0.3 is 15.5 Å². The van der Waals surface area contributed by atoms with Crippen LogP contribution in [0, 0.1) is 6.92 Å². The monoisotopic (exact) mass is 291 g/mol. The van der Waals surface area contributed by atoms with Crippen LogP contribution in [0.2, 0.25) is 0 Å². The van der Waals surface area contributed by atoms with E-state index in [-0.39, 0.29) is 18.5 Å². The molecule has 1 aromatic rings. The van der Waals surface area contributed by atoms with Crippen LogP contribution in [0.4, 0.5) is 10.5 Å². The maximum atomic E-state index is 12.2. The normalized spacial score (nSPS) is 10.1. The highest BCUT2D eigenvalue weighted by Gasteiger charge is 2.14. The van der Waals surface area contributed by atoms with Gasteiger partial charge in [0.25, 0.3) is 0 Å². The van der Waals surface area contributed by atoms with E-state index < -0.39 is 0 Å². The van der Waals surface area contributed by atoms with E-state index in [0.717, 1.165) is 29.7 Å². The smallest absolute Gasteiger partial charge is 0.322 e. The van der Waals surface area contributed by atoms with Gasteiger partial charge in [-0.2, -0.15) is 0 Å². The molecule has 0 spiro atoms. The summed E-state index contributed by atoms with van der Waals surface area (Å²) in [7, 11) is 1.62. The van der Waals surface area contributed by atoms with Gasteiger partial charge in [0.05, 0.1) is 0 Å². The van der Waals surface area contributed by atoms with E-state index in [4.69, 9.17) is 0 Å². The number of benzene rings is 1. The number of carbonyl (C=O) groups excluding carboxylic acids is 2. The average Bonchev–Trinajstić information content (AvgIpc) is 2.46. The summed E-state index contributed by atoms with van der Waals surface area (Å²) >= 11 is 0. The molecule has 0 unspecified atom stereocenters. The molecule has 1 rings (SSSR count). The maximum Gasteiger partial charge on any atom is 0.322 e. The van der Waals surface area contributed by atoms with Gasteiger partial charge in [-0.15, -0.1) is 0 Å². The zero-order valence-electron chi connectivity index (χ0n) is 13.3. The Morgan fingerprint density at radius 2 is 1.95 bits per heavy atom. The predicted molar refractivity (Wildman–Crippen MR) is 85.5 cm³/mol. The lowest BCUT2D eigenvalue weighted by Gasteiger charge is -2.20. The van der Waals surface area contributed by atoms with Gasteiger partial charge >= 0.3 is 6.03 Å². The quantitative estimate of drug-likeness (QED) is 0.846. The summed E-state index contributed by atoms with van der Waals surface area (Å²) in [5.41, 5.74) is 2.95. The number of hydrogen-bond acceptors (Lipinski definition) is 2. The van der Waals surface area contributed by atoms with Crippen molar-refractivity contribution in [1.82, 2.24) is 10.2 Å². The van der Waals surface area contributed by atoms with Crippen molar-refractivity contribution in [2.24, 2.45) is 0 Å². The fourth-order valence-corrected chi connectivity index (χ4v) is 2.01. The molecule has 3 amide bonds. The molecular weight excluding hydrogens is 266 g/mol. The van der Waals surface area contributed by atoms with Gasteiger partial charge in [-0.05, 0) is 30.9 Å². The van der Waals surface area contributed by atoms with Crippen LogP contribution < -0.4 is 10.6 Å². The Labute approximate surface area is 126 Å². The van der Waals surface area contributed by atoms with Crippen LogP contribution in [0.3, 0.4) is 0 Å². The van der Waals surface area contributed by atoms with Crippen molar-refractivity contribution in [3.63, 3.8) is 0 Å². The molecule has 0 aromatic heterocycles. The Hall–Kier alpha value is -2.04. The van der Waals surface area contributed by atoms with E-state index in [0.29, 0.717) is 6.54 Å². The van der Waals surface area contributed by atoms with E-state index in [1.165, 1.54) is 4.90 Å². The number of anilines is 1. The number of rotatable bonds is 6. The van der Waals surface area contributed by atoms with Crippen LogP contribution in [0.5, 0.6) is 0 Å². The van der Waals surface area contributed by atoms with Gasteiger partial charge in [-0.3, -0.25) is 4.79 Å². The molecule has 0 atom stereocenters. The molecule has 0 aliphatic rings. The first kappa shape index (κ1) is 17.0. The number of nitrogens with zero attached hydrogens (tertiary/aromatic N) is 1. The average molecular weight is 291 g/mol. The molecule has 0 aliphatic heterocycles. The summed E-state index contributed by atoms with van der Waals surface area (Å²) in [5.74, 6) is -0.144. The van der Waals surface area contributed by atoms with Gasteiger partial charge in [0, 0.05) is 19.3 Å². The van der Waals surface area contributed by atoms with Crippen LogP contribution >= 0.6 is 0 Å². The van der Waals surface area contributed by atoms with E-state index in [2.05, 4.69) is 10.6 Å². The molecule has 0 saturated heterocycles. The standard InChI is InChI=1S/C16H25N3O2/c1-5-10-17-14(20)11-19(4)16(21)18-15-12(3)8-7-9-13(15)6-2/h7-9H,5-6,10-11H2,1-4H3,(H,17,20)(H,18,21). The largest absolute Gasteiger partial charge is 0.355 e. The lowest BCUT2D eigenvalue weighted by molar-refractivity contribution is -0.121. The Kier molecular flexibility index (Phi) is 6.72. The first-order chi connectivity index (χ1) is 9.99. The van der Waals surface area contributed by atoms with Crippen molar-refractivity contribution in [2.75, 3.05) is 25.5 Å². The van der Waals surface area contributed by atoms with Crippen molar-refractivity contribution >= 4 is 17.6 Å². The van der Waals surface area contributed by atoms with Gasteiger partial charge in [-0.1, -0.05) is 32.0 Å². The summed E-state index contributed by atoms with van der Waals surface area (Å²) in [6.45, 7) is 6.68. The molecule has 0 radical (unpaired) electrons. The van der Waals surface area contributed by atoms with Crippen LogP contribution in [-0.2, 0) is 11.2 Å². The van der Waals surface area contributed by atoms with Crippen LogP contribution in [0.1, 0.15) is 31.4 Å². The summed E-state index contributed by atoms with van der Waals surface area (Å²) < 4.78 is 0. The lowest BCUT2D eigenvalue weighted by Crippen LogP contribution is -2.40. The fourth-order valence-electron chi connectivity index (χ4n) is 2.01. The molecule has 5 nitrogen and oxygen atoms in total. The van der Waals surface area contributed by atoms with Crippen LogP contribution in [0.15, 0.2) is 18.2 Å². The maximum absolute atomic E-state index is 12.2. The minimum atomic E-state index is -0.273. The third-order valence-corrected chi connectivity index (χ3v) is 3.27. The Morgan fingerprint density at radius 1 is 1.24 bits per heavy atom. The number of likely N-dealkylation sites (N-methyl/N-ethyl adjacent to an activating group) is 1. The van der Waals surface area contributed by atoms with E-state index in [1.807, 2.05) is 39.0 Å². The third-order valence-electron chi connectivity index (χ3n) is 3.27. The van der Waals surface area contributed by atoms with Gasteiger partial charge in [0.1, 0.15) is 6.54 Å². The van der Waals surface area contributed by atoms with Gasteiger partial charge in [-0.25, -0.2) is 4.79 Å². The second-order valence-electron chi connectivity index (χ2n) is 5.10. The fraction of sp³-hybridized carbons (Fsp3) is 0.500. The number of nitrogens with one attached hydrogen (secondary N) is 2. The van der Waals surface area contributed by atoms with E-state index in [1.54, 1.807) is 7.05 Å². The molecule has 2 N–H and O–H groups in total. The molecule has 0 aliphatic carbocycles. The van der Waals surface area contributed by atoms with Gasteiger partial charge in [0.2, 0.25) is 5.91 Å². The molecule has 0 saturated carbocycles. The second-order valence-corrected chi connectivity index (χ2v) is 5.10. The lowest BCUT2D eigenvalue weighted by atomic mass is 10.1. The van der Waals surface area contributed by atoms with Crippen molar-refractivity contribution < 1.29 is 9.59 Å². The van der Waals surface area contributed by atoms with Crippen molar-refractivity contribution in [2.45, 2.75) is 33.6 Å². The number of aryl methyl sites for hydroxylation is 2. The topological polar surface area (TPSA) is 61.4 Å². The molecule has 116 valence electrons. The van der Waals surface area contributed by atoms with Gasteiger partial charge in [0.15, 0.2) is 0 Å². The summed E-state index contributed by atoms with van der Waals surface area (Å²) in [4.78, 5) is 25.2. The summed E-state index contributed by atoms with van der Waals surface area (Å²) in [5, 5.41) is 5.65. The number of hydrogen-bond donors (Lipinski definition) is 2. The van der Waals surface area contributed by atoms with Crippen LogP contribution in [-0.4, -0.2) is 37.0 Å². The SMILES string of the molecule is CCCNC(=O)CN(C)C(=O)Nc1c(C)cccc1CC. The number of para-hydroxylation sites is 1. The zero-order valence-corrected chi connectivity index (χ0v) is 13.3. The Balaban J connectivity index is 2.66. The number of urea groups is 1. The highest BCUT2D eigenvalue weighted by Crippen LogP contribution is 2.21. The molecule has 1 aromatic carbocycles. The molecular formula is C16H25N3O2. The summed E-state index contributed by atoms with van der Waals surface area (Å²) in [6, 6.07) is 5.66. The molecule has 0 heterocycles. The number of amides is 3. The van der Waals surface area contributed by atoms with E-state index >= 15 is 0 Å². The van der Waals surface area contributed by atoms with Crippen LogP contribution in [0.25, 0.3) is 0 Å². The summed E-state index contributed by atoms with van der Waals surface area (Å²) in [6.07, 6.45) is 1.72. The highest BCUT2D eigenvalue weighted by atomic mass is 16.2. The minimum absolute atomic E-state index is 0.0547. The molecule has 5 heteroatoms. The van der Waals surface area contributed by atoms with Crippen molar-refractivity contribution in [3.05, 3.63) is 29.3 Å². The Bertz CT molecular complexity index is 500. The predicted octanol–water partition coefficient (Wildman–Crippen LogP) is 2.55. The highest BCUT2D eigenvalue weighted by molar-refractivity contribution is 5.93. The second kappa shape index (κ2) is 8.29. The molecule has 0 bridgehead atoms. The number of carbonyl (C=O) groups is 2. The van der Waals surface area contributed by atoms with E-state index in [9.17, 15) is 9.59 Å². The zero-order chi connectivity index (χ0) is 15.8. The van der Waals surface area contributed by atoms with Crippen molar-refractivity contribution in [1.29, 1.82) is 0 Å². The molecule has 21 heavy (non-hydrogen) atoms. The Morgan fingerprint density at radius 3 is 2.57 bits per heavy atom. The first-order valence-corrected chi connectivity index (χ1v) is 7.36. The first-order valence-electron chi connectivity index (χ1n) is 7.36. The third kappa shape index (κ3) is 5.10. The minimum Gasteiger partial charge on any atom is -0.355 e. The van der Waals surface area contributed by atoms with Crippen molar-refractivity contribution in [3.8, 4) is 0 Å². The molecule has 0 fully saturated rings.